The molecule has 0 radical (unpaired) electrons. The van der Waals surface area contributed by atoms with Crippen molar-refractivity contribution in [3.63, 3.8) is 0 Å². The van der Waals surface area contributed by atoms with Crippen molar-refractivity contribution in [2.24, 2.45) is 0 Å². The minimum Gasteiger partial charge on any atom is -0.302 e. The van der Waals surface area contributed by atoms with Gasteiger partial charge in [-0.15, -0.1) is 22.7 Å². The molecule has 2 heterocycles. The highest BCUT2D eigenvalue weighted by Gasteiger charge is 2.17. The van der Waals surface area contributed by atoms with E-state index in [9.17, 15) is 0 Å². The summed E-state index contributed by atoms with van der Waals surface area (Å²) in [7, 11) is 0. The summed E-state index contributed by atoms with van der Waals surface area (Å²) in [6, 6.07) is 13.8. The van der Waals surface area contributed by atoms with E-state index in [4.69, 9.17) is 0 Å². The van der Waals surface area contributed by atoms with Crippen LogP contribution in [0.2, 0.25) is 0 Å². The molecule has 2 unspecified atom stereocenters. The van der Waals surface area contributed by atoms with Gasteiger partial charge in [0.25, 0.3) is 0 Å². The van der Waals surface area contributed by atoms with Gasteiger partial charge in [0.05, 0.1) is 0 Å². The van der Waals surface area contributed by atoms with Crippen LogP contribution in [0.25, 0.3) is 10.1 Å². The van der Waals surface area contributed by atoms with Crippen molar-refractivity contribution in [1.82, 2.24) is 5.32 Å². The highest BCUT2D eigenvalue weighted by atomic mass is 32.1. The van der Waals surface area contributed by atoms with Gasteiger partial charge in [0.1, 0.15) is 0 Å². The highest BCUT2D eigenvalue weighted by Crippen LogP contribution is 2.35. The van der Waals surface area contributed by atoms with E-state index in [0.717, 1.165) is 0 Å². The van der Waals surface area contributed by atoms with E-state index < -0.39 is 0 Å². The molecular formula is C17H19NS2. The highest BCUT2D eigenvalue weighted by molar-refractivity contribution is 7.19. The Morgan fingerprint density at radius 3 is 2.50 bits per heavy atom. The quantitative estimate of drug-likeness (QED) is 0.653. The fourth-order valence-electron chi connectivity index (χ4n) is 2.68. The molecule has 0 aliphatic rings. The molecule has 1 nitrogen and oxygen atoms in total. The number of aryl methyl sites for hydroxylation is 1. The minimum atomic E-state index is 0.379. The van der Waals surface area contributed by atoms with Crippen LogP contribution in [0, 0.1) is 6.92 Å². The van der Waals surface area contributed by atoms with Crippen molar-refractivity contribution in [3.8, 4) is 0 Å². The first-order valence-electron chi connectivity index (χ1n) is 6.94. The van der Waals surface area contributed by atoms with Crippen LogP contribution in [0.5, 0.6) is 0 Å². The van der Waals surface area contributed by atoms with Crippen molar-refractivity contribution in [2.75, 3.05) is 0 Å². The zero-order valence-electron chi connectivity index (χ0n) is 12.0. The molecule has 0 amide bonds. The SMILES string of the molecule is Cc1c(C(C)NC(C)c2cccs2)sc2ccccc12. The number of benzene rings is 1. The second kappa shape index (κ2) is 5.68. The first-order valence-corrected chi connectivity index (χ1v) is 8.64. The predicted octanol–water partition coefficient (Wildman–Crippen LogP) is 5.68. The third-order valence-corrected chi connectivity index (χ3v) is 6.25. The molecule has 0 spiro atoms. The molecule has 20 heavy (non-hydrogen) atoms. The molecule has 104 valence electrons. The van der Waals surface area contributed by atoms with E-state index in [0.29, 0.717) is 12.1 Å². The summed E-state index contributed by atoms with van der Waals surface area (Å²) < 4.78 is 1.39. The van der Waals surface area contributed by atoms with Crippen molar-refractivity contribution < 1.29 is 0 Å². The molecule has 0 aliphatic carbocycles. The number of nitrogens with one attached hydrogen (secondary N) is 1. The monoisotopic (exact) mass is 301 g/mol. The Hall–Kier alpha value is -1.16. The van der Waals surface area contributed by atoms with Crippen LogP contribution in [0.4, 0.5) is 0 Å². The second-order valence-electron chi connectivity index (χ2n) is 5.21. The molecule has 1 N–H and O–H groups in total. The Bertz CT molecular complexity index is 697. The van der Waals surface area contributed by atoms with Gasteiger partial charge in [-0.1, -0.05) is 24.3 Å². The van der Waals surface area contributed by atoms with E-state index in [-0.39, 0.29) is 0 Å². The average molecular weight is 301 g/mol. The Labute approximate surface area is 128 Å². The smallest absolute Gasteiger partial charge is 0.0394 e. The molecule has 3 rings (SSSR count). The number of thiophene rings is 2. The zero-order valence-corrected chi connectivity index (χ0v) is 13.6. The molecule has 0 fully saturated rings. The molecule has 0 saturated heterocycles. The maximum atomic E-state index is 3.72. The fraction of sp³-hybridized carbons (Fsp3) is 0.294. The molecule has 3 heteroatoms. The van der Waals surface area contributed by atoms with Crippen LogP contribution < -0.4 is 5.32 Å². The van der Waals surface area contributed by atoms with Gasteiger partial charge in [0.2, 0.25) is 0 Å². The number of hydrogen-bond donors (Lipinski definition) is 1. The summed E-state index contributed by atoms with van der Waals surface area (Å²) in [6.07, 6.45) is 0. The third-order valence-electron chi connectivity index (χ3n) is 3.74. The van der Waals surface area contributed by atoms with Gasteiger partial charge in [-0.05, 0) is 49.2 Å². The summed E-state index contributed by atoms with van der Waals surface area (Å²) >= 11 is 3.73. The van der Waals surface area contributed by atoms with E-state index in [1.165, 1.54) is 25.4 Å². The van der Waals surface area contributed by atoms with Gasteiger partial charge in [0, 0.05) is 26.5 Å². The van der Waals surface area contributed by atoms with Gasteiger partial charge in [-0.25, -0.2) is 0 Å². The number of hydrogen-bond acceptors (Lipinski definition) is 3. The zero-order chi connectivity index (χ0) is 14.1. The standard InChI is InChI=1S/C17H19NS2/c1-11-14-7-4-5-8-16(14)20-17(11)13(3)18-12(2)15-9-6-10-19-15/h4-10,12-13,18H,1-3H3. The van der Waals surface area contributed by atoms with Crippen molar-refractivity contribution in [2.45, 2.75) is 32.9 Å². The Morgan fingerprint density at radius 1 is 1.00 bits per heavy atom. The van der Waals surface area contributed by atoms with Gasteiger partial charge >= 0.3 is 0 Å². The van der Waals surface area contributed by atoms with Crippen LogP contribution >= 0.6 is 22.7 Å². The number of fused-ring (bicyclic) bond motifs is 1. The van der Waals surface area contributed by atoms with Crippen LogP contribution in [0.15, 0.2) is 41.8 Å². The summed E-state index contributed by atoms with van der Waals surface area (Å²) in [5.41, 5.74) is 1.42. The molecule has 0 bridgehead atoms. The van der Waals surface area contributed by atoms with E-state index in [1.807, 2.05) is 22.7 Å². The fourth-order valence-corrected chi connectivity index (χ4v) is 4.64. The maximum absolute atomic E-state index is 3.72. The van der Waals surface area contributed by atoms with Crippen molar-refractivity contribution >= 4 is 32.8 Å². The van der Waals surface area contributed by atoms with Gasteiger partial charge in [-0.3, -0.25) is 0 Å². The van der Waals surface area contributed by atoms with Crippen LogP contribution in [0.1, 0.15) is 41.2 Å². The molecule has 3 aromatic rings. The van der Waals surface area contributed by atoms with Crippen LogP contribution in [-0.2, 0) is 0 Å². The largest absolute Gasteiger partial charge is 0.302 e. The molecule has 1 aromatic carbocycles. The summed E-state index contributed by atoms with van der Waals surface area (Å²) in [5.74, 6) is 0. The van der Waals surface area contributed by atoms with E-state index >= 15 is 0 Å². The van der Waals surface area contributed by atoms with Crippen molar-refractivity contribution in [1.29, 1.82) is 0 Å². The first-order chi connectivity index (χ1) is 9.66. The lowest BCUT2D eigenvalue weighted by Gasteiger charge is -2.19. The van der Waals surface area contributed by atoms with Gasteiger partial charge < -0.3 is 5.32 Å². The van der Waals surface area contributed by atoms with E-state index in [1.54, 1.807) is 0 Å². The lowest BCUT2D eigenvalue weighted by Crippen LogP contribution is -2.21. The van der Waals surface area contributed by atoms with Gasteiger partial charge in [-0.2, -0.15) is 0 Å². The molecule has 0 aliphatic heterocycles. The topological polar surface area (TPSA) is 12.0 Å². The maximum Gasteiger partial charge on any atom is 0.0394 e. The molecule has 2 atom stereocenters. The summed E-state index contributed by atoms with van der Waals surface area (Å²) in [6.45, 7) is 6.75. The molecular weight excluding hydrogens is 282 g/mol. The normalized spacial score (nSPS) is 14.6. The molecule has 0 saturated carbocycles. The predicted molar refractivity (Wildman–Crippen MR) is 90.8 cm³/mol. The second-order valence-corrected chi connectivity index (χ2v) is 7.28. The average Bonchev–Trinajstić information content (AvgIpc) is 3.07. The summed E-state index contributed by atoms with van der Waals surface area (Å²) in [5, 5.41) is 7.26. The Balaban J connectivity index is 1.85. The molecule has 2 aromatic heterocycles. The Kier molecular flexibility index (Phi) is 3.92. The van der Waals surface area contributed by atoms with Crippen molar-refractivity contribution in [3.05, 3.63) is 57.1 Å². The number of rotatable bonds is 4. The van der Waals surface area contributed by atoms with E-state index in [2.05, 4.69) is 67.9 Å². The van der Waals surface area contributed by atoms with Crippen LogP contribution in [0.3, 0.4) is 0 Å². The lowest BCUT2D eigenvalue weighted by atomic mass is 10.1. The summed E-state index contributed by atoms with van der Waals surface area (Å²) in [4.78, 5) is 2.85. The third kappa shape index (κ3) is 2.53. The van der Waals surface area contributed by atoms with Gasteiger partial charge in [0.15, 0.2) is 0 Å². The van der Waals surface area contributed by atoms with Crippen LogP contribution in [-0.4, -0.2) is 0 Å². The first kappa shape index (κ1) is 13.8. The minimum absolute atomic E-state index is 0.379. The lowest BCUT2D eigenvalue weighted by molar-refractivity contribution is 0.504. The Morgan fingerprint density at radius 2 is 1.80 bits per heavy atom.